The second-order valence-electron chi connectivity index (χ2n) is 8.99. The van der Waals surface area contributed by atoms with Gasteiger partial charge in [-0.15, -0.1) is 0 Å². The molecule has 2 fully saturated rings. The minimum absolute atomic E-state index is 0.358. The summed E-state index contributed by atoms with van der Waals surface area (Å²) >= 11 is 0. The quantitative estimate of drug-likeness (QED) is 0.824. The summed E-state index contributed by atoms with van der Waals surface area (Å²) in [7, 11) is 0. The number of nitrogens with zero attached hydrogens (tertiary/aromatic N) is 1. The first kappa shape index (κ1) is 17.3. The molecule has 0 aromatic carbocycles. The highest BCUT2D eigenvalue weighted by molar-refractivity contribution is 4.97. The Balaban J connectivity index is 1.97. The van der Waals surface area contributed by atoms with Crippen molar-refractivity contribution in [2.45, 2.75) is 91.1 Å². The van der Waals surface area contributed by atoms with Crippen molar-refractivity contribution in [3.63, 3.8) is 0 Å². The molecule has 0 radical (unpaired) electrons. The lowest BCUT2D eigenvalue weighted by atomic mass is 9.80. The van der Waals surface area contributed by atoms with E-state index in [-0.39, 0.29) is 0 Å². The van der Waals surface area contributed by atoms with Gasteiger partial charge in [-0.05, 0) is 50.5 Å². The first-order valence-electron chi connectivity index (χ1n) is 9.32. The van der Waals surface area contributed by atoms with E-state index in [4.69, 9.17) is 0 Å². The molecule has 0 aromatic heterocycles. The van der Waals surface area contributed by atoms with Crippen molar-refractivity contribution in [2.24, 2.45) is 11.3 Å². The fourth-order valence-electron chi connectivity index (χ4n) is 4.02. The molecule has 0 bridgehead atoms. The summed E-state index contributed by atoms with van der Waals surface area (Å²) in [5, 5.41) is 3.92. The van der Waals surface area contributed by atoms with Crippen LogP contribution in [0.1, 0.15) is 79.6 Å². The molecular weight excluding hydrogens is 256 g/mol. The maximum Gasteiger partial charge on any atom is 0.0303 e. The molecule has 1 saturated heterocycles. The van der Waals surface area contributed by atoms with Gasteiger partial charge in [0.25, 0.3) is 0 Å². The maximum absolute atomic E-state index is 3.92. The SMILES string of the molecule is CCC1(C)CNC(C2CCCCC2)CN1CCC(C)(C)C. The molecule has 2 aliphatic rings. The van der Waals surface area contributed by atoms with Crippen LogP contribution in [0.3, 0.4) is 0 Å². The van der Waals surface area contributed by atoms with E-state index >= 15 is 0 Å². The van der Waals surface area contributed by atoms with Crippen LogP contribution in [0.4, 0.5) is 0 Å². The molecule has 124 valence electrons. The first-order chi connectivity index (χ1) is 9.84. The van der Waals surface area contributed by atoms with Gasteiger partial charge in [-0.25, -0.2) is 0 Å². The fourth-order valence-corrected chi connectivity index (χ4v) is 4.02. The van der Waals surface area contributed by atoms with Crippen molar-refractivity contribution in [3.05, 3.63) is 0 Å². The van der Waals surface area contributed by atoms with Gasteiger partial charge in [-0.3, -0.25) is 4.90 Å². The molecule has 2 unspecified atom stereocenters. The van der Waals surface area contributed by atoms with Crippen molar-refractivity contribution < 1.29 is 0 Å². The molecule has 2 heteroatoms. The van der Waals surface area contributed by atoms with Crippen LogP contribution in [-0.2, 0) is 0 Å². The van der Waals surface area contributed by atoms with Crippen molar-refractivity contribution in [1.29, 1.82) is 0 Å². The Hall–Kier alpha value is -0.0800. The van der Waals surface area contributed by atoms with Gasteiger partial charge in [0.2, 0.25) is 0 Å². The molecule has 2 rings (SSSR count). The van der Waals surface area contributed by atoms with Gasteiger partial charge in [0.1, 0.15) is 0 Å². The third-order valence-electron chi connectivity index (χ3n) is 6.04. The van der Waals surface area contributed by atoms with Crippen molar-refractivity contribution in [3.8, 4) is 0 Å². The van der Waals surface area contributed by atoms with E-state index in [2.05, 4.69) is 44.8 Å². The molecule has 2 nitrogen and oxygen atoms in total. The van der Waals surface area contributed by atoms with Crippen molar-refractivity contribution in [1.82, 2.24) is 10.2 Å². The summed E-state index contributed by atoms with van der Waals surface area (Å²) in [5.41, 5.74) is 0.802. The van der Waals surface area contributed by atoms with E-state index in [0.717, 1.165) is 12.0 Å². The van der Waals surface area contributed by atoms with Gasteiger partial charge in [0, 0.05) is 24.7 Å². The smallest absolute Gasteiger partial charge is 0.0303 e. The Morgan fingerprint density at radius 3 is 2.38 bits per heavy atom. The first-order valence-corrected chi connectivity index (χ1v) is 9.32. The largest absolute Gasteiger partial charge is 0.311 e. The summed E-state index contributed by atoms with van der Waals surface area (Å²) in [6.45, 7) is 15.6. The normalized spacial score (nSPS) is 33.3. The number of hydrogen-bond donors (Lipinski definition) is 1. The number of piperazine rings is 1. The van der Waals surface area contributed by atoms with Crippen LogP contribution in [0.5, 0.6) is 0 Å². The van der Waals surface area contributed by atoms with Crippen molar-refractivity contribution in [2.75, 3.05) is 19.6 Å². The highest BCUT2D eigenvalue weighted by Crippen LogP contribution is 2.32. The third-order valence-corrected chi connectivity index (χ3v) is 6.04. The van der Waals surface area contributed by atoms with E-state index in [1.54, 1.807) is 0 Å². The number of nitrogens with one attached hydrogen (secondary N) is 1. The summed E-state index contributed by atoms with van der Waals surface area (Å²) in [4.78, 5) is 2.81. The summed E-state index contributed by atoms with van der Waals surface area (Å²) in [5.74, 6) is 0.928. The molecule has 1 heterocycles. The maximum atomic E-state index is 3.92. The highest BCUT2D eigenvalue weighted by atomic mass is 15.3. The van der Waals surface area contributed by atoms with Crippen LogP contribution >= 0.6 is 0 Å². The van der Waals surface area contributed by atoms with E-state index in [0.29, 0.717) is 11.0 Å². The zero-order valence-electron chi connectivity index (χ0n) is 15.2. The molecule has 21 heavy (non-hydrogen) atoms. The van der Waals surface area contributed by atoms with Gasteiger partial charge in [-0.2, -0.15) is 0 Å². The fraction of sp³-hybridized carbons (Fsp3) is 1.00. The van der Waals surface area contributed by atoms with Gasteiger partial charge < -0.3 is 5.32 Å². The van der Waals surface area contributed by atoms with E-state index in [9.17, 15) is 0 Å². The predicted molar refractivity (Wildman–Crippen MR) is 92.7 cm³/mol. The van der Waals surface area contributed by atoms with Gasteiger partial charge in [-0.1, -0.05) is 47.0 Å². The van der Waals surface area contributed by atoms with Gasteiger partial charge in [0.15, 0.2) is 0 Å². The topological polar surface area (TPSA) is 15.3 Å². The number of rotatable bonds is 4. The van der Waals surface area contributed by atoms with E-state index in [1.807, 2.05) is 0 Å². The molecule has 0 amide bonds. The molecule has 0 spiro atoms. The highest BCUT2D eigenvalue weighted by Gasteiger charge is 2.39. The lowest BCUT2D eigenvalue weighted by Gasteiger charge is -2.50. The minimum atomic E-state index is 0.358. The Morgan fingerprint density at radius 1 is 1.14 bits per heavy atom. The van der Waals surface area contributed by atoms with E-state index in [1.165, 1.54) is 64.6 Å². The van der Waals surface area contributed by atoms with Crippen LogP contribution in [0.25, 0.3) is 0 Å². The lowest BCUT2D eigenvalue weighted by molar-refractivity contribution is 0.0222. The van der Waals surface area contributed by atoms with Crippen LogP contribution < -0.4 is 5.32 Å². The zero-order chi connectivity index (χ0) is 15.5. The van der Waals surface area contributed by atoms with E-state index < -0.39 is 0 Å². The zero-order valence-corrected chi connectivity index (χ0v) is 15.2. The summed E-state index contributed by atoms with van der Waals surface area (Å²) < 4.78 is 0. The Labute approximate surface area is 133 Å². The van der Waals surface area contributed by atoms with Gasteiger partial charge in [0.05, 0.1) is 0 Å². The Bertz CT molecular complexity index is 314. The lowest BCUT2D eigenvalue weighted by Crippen LogP contribution is -2.65. The predicted octanol–water partition coefficient (Wildman–Crippen LogP) is 4.45. The van der Waals surface area contributed by atoms with Crippen molar-refractivity contribution >= 4 is 0 Å². The van der Waals surface area contributed by atoms with Gasteiger partial charge >= 0.3 is 0 Å². The summed E-state index contributed by atoms with van der Waals surface area (Å²) in [6.07, 6.45) is 9.83. The Morgan fingerprint density at radius 2 is 1.81 bits per heavy atom. The van der Waals surface area contributed by atoms with Crippen LogP contribution in [0, 0.1) is 11.3 Å². The standard InChI is InChI=1S/C19H38N2/c1-6-19(5)15-20-17(16-10-8-7-9-11-16)14-21(19)13-12-18(2,3)4/h16-17,20H,6-15H2,1-5H3. The molecule has 1 aliphatic heterocycles. The Kier molecular flexibility index (Phi) is 5.76. The molecule has 1 aliphatic carbocycles. The minimum Gasteiger partial charge on any atom is -0.311 e. The summed E-state index contributed by atoms with van der Waals surface area (Å²) in [6, 6.07) is 0.741. The molecule has 0 aromatic rings. The molecule has 1 N–H and O–H groups in total. The second kappa shape index (κ2) is 7.00. The monoisotopic (exact) mass is 294 g/mol. The third kappa shape index (κ3) is 4.69. The second-order valence-corrected chi connectivity index (χ2v) is 8.99. The number of hydrogen-bond acceptors (Lipinski definition) is 2. The van der Waals surface area contributed by atoms with Crippen LogP contribution in [-0.4, -0.2) is 36.1 Å². The van der Waals surface area contributed by atoms with Crippen LogP contribution in [0.15, 0.2) is 0 Å². The average Bonchev–Trinajstić information content (AvgIpc) is 2.46. The molecule has 1 saturated carbocycles. The molecule has 2 atom stereocenters. The molecular formula is C19H38N2. The van der Waals surface area contributed by atoms with Crippen LogP contribution in [0.2, 0.25) is 0 Å². The average molecular weight is 295 g/mol.